The Kier molecular flexibility index (Phi) is 7.62. The van der Waals surface area contributed by atoms with Crippen molar-refractivity contribution in [1.29, 1.82) is 0 Å². The van der Waals surface area contributed by atoms with Crippen molar-refractivity contribution in [3.8, 4) is 0 Å². The maximum absolute atomic E-state index is 12.5. The Morgan fingerprint density at radius 1 is 1.05 bits per heavy atom. The summed E-state index contributed by atoms with van der Waals surface area (Å²) in [6.45, 7) is 8.19. The van der Waals surface area contributed by atoms with Gasteiger partial charge in [0.2, 0.25) is 0 Å². The van der Waals surface area contributed by atoms with Crippen LogP contribution in [0, 0.1) is 34.5 Å². The van der Waals surface area contributed by atoms with E-state index in [2.05, 4.69) is 13.8 Å². The minimum absolute atomic E-state index is 0.0488. The van der Waals surface area contributed by atoms with Crippen LogP contribution in [0.3, 0.4) is 0 Å². The van der Waals surface area contributed by atoms with Crippen molar-refractivity contribution in [2.75, 3.05) is 13.7 Å². The van der Waals surface area contributed by atoms with Crippen molar-refractivity contribution in [3.05, 3.63) is 11.6 Å². The Balaban J connectivity index is 1.16. The predicted octanol–water partition coefficient (Wildman–Crippen LogP) is 3.68. The lowest BCUT2D eigenvalue weighted by Crippen LogP contribution is -2.63. The Hall–Kier alpha value is -1.52. The molecule has 2 N–H and O–H groups in total. The molecule has 2 heterocycles. The third kappa shape index (κ3) is 4.60. The van der Waals surface area contributed by atoms with Gasteiger partial charge in [0.05, 0.1) is 17.8 Å². The summed E-state index contributed by atoms with van der Waals surface area (Å²) in [4.78, 5) is 23.7. The van der Waals surface area contributed by atoms with Crippen molar-refractivity contribution >= 4 is 11.9 Å². The largest absolute Gasteiger partial charge is 0.458 e. The quantitative estimate of drug-likeness (QED) is 0.373. The highest BCUT2D eigenvalue weighted by Gasteiger charge is 2.67. The molecule has 6 aliphatic rings. The highest BCUT2D eigenvalue weighted by Crippen LogP contribution is 2.70. The average molecular weight is 577 g/mol. The first-order valence-electron chi connectivity index (χ1n) is 15.7. The van der Waals surface area contributed by atoms with E-state index in [4.69, 9.17) is 23.7 Å². The molecule has 0 amide bonds. The van der Waals surface area contributed by atoms with E-state index >= 15 is 0 Å². The molecule has 5 fully saturated rings. The fraction of sp³-hybridized carbons (Fsp3) is 0.875. The van der Waals surface area contributed by atoms with E-state index in [0.29, 0.717) is 18.4 Å². The molecule has 230 valence electrons. The van der Waals surface area contributed by atoms with E-state index in [0.717, 1.165) is 63.4 Å². The first kappa shape index (κ1) is 29.5. The molecule has 0 aromatic carbocycles. The lowest BCUT2D eigenvalue weighted by Gasteiger charge is -2.64. The Bertz CT molecular complexity index is 1080. The van der Waals surface area contributed by atoms with Gasteiger partial charge in [0.1, 0.15) is 18.8 Å². The molecule has 0 aromatic heterocycles. The van der Waals surface area contributed by atoms with Crippen LogP contribution in [0.5, 0.6) is 0 Å². The van der Waals surface area contributed by atoms with Crippen LogP contribution < -0.4 is 0 Å². The fourth-order valence-corrected chi connectivity index (χ4v) is 10.4. The van der Waals surface area contributed by atoms with E-state index in [1.54, 1.807) is 13.0 Å². The van der Waals surface area contributed by atoms with Crippen LogP contribution in [0.2, 0.25) is 0 Å². The number of esters is 2. The molecule has 13 atom stereocenters. The summed E-state index contributed by atoms with van der Waals surface area (Å²) in [6.07, 6.45) is 6.35. The van der Waals surface area contributed by atoms with Gasteiger partial charge in [0.15, 0.2) is 12.4 Å². The smallest absolute Gasteiger partial charge is 0.331 e. The lowest BCUT2D eigenvalue weighted by molar-refractivity contribution is -0.315. The van der Waals surface area contributed by atoms with Crippen molar-refractivity contribution in [1.82, 2.24) is 0 Å². The molecule has 0 radical (unpaired) electrons. The number of carbonyl (C=O) groups excluding carboxylic acids is 2. The number of aliphatic hydroxyl groups is 2. The molecule has 4 aliphatic carbocycles. The molecule has 4 saturated carbocycles. The maximum atomic E-state index is 12.5. The Morgan fingerprint density at radius 3 is 2.51 bits per heavy atom. The maximum Gasteiger partial charge on any atom is 0.331 e. The summed E-state index contributed by atoms with van der Waals surface area (Å²) in [5.41, 5.74) is 0.221. The number of cyclic esters (lactones) is 1. The topological polar surface area (TPSA) is 121 Å². The molecule has 41 heavy (non-hydrogen) atoms. The monoisotopic (exact) mass is 576 g/mol. The second-order valence-corrected chi connectivity index (χ2v) is 14.3. The summed E-state index contributed by atoms with van der Waals surface area (Å²) < 4.78 is 28.9. The number of hydrogen-bond donors (Lipinski definition) is 2. The Morgan fingerprint density at radius 2 is 1.83 bits per heavy atom. The summed E-state index contributed by atoms with van der Waals surface area (Å²) in [7, 11) is 1.50. The van der Waals surface area contributed by atoms with Crippen molar-refractivity contribution in [2.24, 2.45) is 34.5 Å². The first-order valence-corrected chi connectivity index (χ1v) is 15.7. The lowest BCUT2D eigenvalue weighted by atomic mass is 9.43. The summed E-state index contributed by atoms with van der Waals surface area (Å²) in [6, 6.07) is 0. The molecule has 6 rings (SSSR count). The third-order valence-corrected chi connectivity index (χ3v) is 12.6. The van der Waals surface area contributed by atoms with Gasteiger partial charge < -0.3 is 33.9 Å². The number of hydrogen-bond acceptors (Lipinski definition) is 9. The molecule has 0 aromatic rings. The molecular weight excluding hydrogens is 528 g/mol. The minimum atomic E-state index is -0.926. The van der Waals surface area contributed by atoms with E-state index in [-0.39, 0.29) is 34.7 Å². The summed E-state index contributed by atoms with van der Waals surface area (Å²) >= 11 is 0. The zero-order chi connectivity index (χ0) is 29.3. The first-order chi connectivity index (χ1) is 19.4. The molecule has 0 unspecified atom stereocenters. The fourth-order valence-electron chi connectivity index (χ4n) is 10.4. The molecule has 0 spiro atoms. The normalized spacial score (nSPS) is 51.2. The van der Waals surface area contributed by atoms with Gasteiger partial charge in [-0.1, -0.05) is 13.8 Å². The molecule has 2 aliphatic heterocycles. The number of carbonyl (C=O) groups is 2. The van der Waals surface area contributed by atoms with E-state index < -0.39 is 42.3 Å². The van der Waals surface area contributed by atoms with Gasteiger partial charge in [-0.3, -0.25) is 4.79 Å². The van der Waals surface area contributed by atoms with Gasteiger partial charge in [-0.25, -0.2) is 4.79 Å². The SMILES string of the molecule is CO[C@H]1[C@@H](O)[C@@H](C)O[C@@H](O[C@@H]2CC[C@@]3(C)[C@H](CC[C@@H]4[C@@H]3CC[C@]3(C)[C@@H](C5=CC(=O)OC5)CC[C@@]43O)C2)[C@@H]1OC(C)=O. The number of ether oxygens (including phenoxy) is 5. The number of methoxy groups -OCH3 is 1. The van der Waals surface area contributed by atoms with Crippen molar-refractivity contribution in [3.63, 3.8) is 0 Å². The Labute approximate surface area is 243 Å². The molecule has 1 saturated heterocycles. The van der Waals surface area contributed by atoms with Gasteiger partial charge in [-0.15, -0.1) is 0 Å². The predicted molar refractivity (Wildman–Crippen MR) is 147 cm³/mol. The van der Waals surface area contributed by atoms with Crippen LogP contribution >= 0.6 is 0 Å². The van der Waals surface area contributed by atoms with Crippen LogP contribution in [0.4, 0.5) is 0 Å². The van der Waals surface area contributed by atoms with Crippen LogP contribution in [0.1, 0.15) is 85.5 Å². The van der Waals surface area contributed by atoms with Gasteiger partial charge >= 0.3 is 11.9 Å². The van der Waals surface area contributed by atoms with E-state index in [1.165, 1.54) is 14.0 Å². The van der Waals surface area contributed by atoms with Gasteiger partial charge in [-0.2, -0.15) is 0 Å². The average Bonchev–Trinajstić information content (AvgIpc) is 3.46. The summed E-state index contributed by atoms with van der Waals surface area (Å²) in [5.74, 6) is 0.650. The number of aliphatic hydroxyl groups excluding tert-OH is 1. The van der Waals surface area contributed by atoms with Crippen molar-refractivity contribution in [2.45, 2.75) is 128 Å². The molecule has 9 nitrogen and oxygen atoms in total. The van der Waals surface area contributed by atoms with Crippen molar-refractivity contribution < 1.29 is 43.5 Å². The summed E-state index contributed by atoms with van der Waals surface area (Å²) in [5, 5.41) is 23.1. The van der Waals surface area contributed by atoms with Gasteiger partial charge in [0, 0.05) is 25.5 Å². The van der Waals surface area contributed by atoms with E-state index in [1.807, 2.05) is 0 Å². The second kappa shape index (κ2) is 10.6. The zero-order valence-electron chi connectivity index (χ0n) is 25.2. The van der Waals surface area contributed by atoms with Crippen LogP contribution in [-0.2, 0) is 33.3 Å². The minimum Gasteiger partial charge on any atom is -0.458 e. The second-order valence-electron chi connectivity index (χ2n) is 14.3. The molecule has 0 bridgehead atoms. The highest BCUT2D eigenvalue weighted by atomic mass is 16.7. The molecule has 9 heteroatoms. The number of fused-ring (bicyclic) bond motifs is 5. The van der Waals surface area contributed by atoms with Gasteiger partial charge in [-0.05, 0) is 99.4 Å². The van der Waals surface area contributed by atoms with Crippen LogP contribution in [-0.4, -0.2) is 78.3 Å². The molecular formula is C32H48O9. The van der Waals surface area contributed by atoms with Crippen LogP contribution in [0.25, 0.3) is 0 Å². The van der Waals surface area contributed by atoms with E-state index in [9.17, 15) is 19.8 Å². The standard InChI is InChI=1S/C32H48O9/c1-17-26(35)27(37-5)28(40-18(2)33)29(39-17)41-21-8-11-30(3)20(15-21)6-7-24-23(30)9-12-31(4)22(10-13-32(24,31)36)19-14-25(34)38-16-19/h14,17,20-24,26-29,35-36H,6-13,15-16H2,1-5H3/t17-,20-,21-,22-,23+,24-,26+,27+,28-,29+,30+,31-,32-/m1/s1. The highest BCUT2D eigenvalue weighted by molar-refractivity contribution is 5.85. The zero-order valence-corrected chi connectivity index (χ0v) is 25.2. The number of rotatable bonds is 5. The van der Waals surface area contributed by atoms with Gasteiger partial charge in [0.25, 0.3) is 0 Å². The third-order valence-electron chi connectivity index (χ3n) is 12.6. The van der Waals surface area contributed by atoms with Crippen LogP contribution in [0.15, 0.2) is 11.6 Å².